The lowest BCUT2D eigenvalue weighted by Gasteiger charge is -2.12. The van der Waals surface area contributed by atoms with Crippen LogP contribution in [0.1, 0.15) is 74.4 Å². The molecule has 2 aromatic rings. The maximum Gasteiger partial charge on any atom is 0.135 e. The molecule has 0 radical (unpaired) electrons. The van der Waals surface area contributed by atoms with Crippen molar-refractivity contribution in [3.8, 4) is 11.8 Å². The summed E-state index contributed by atoms with van der Waals surface area (Å²) in [5.74, 6) is 7.57. The summed E-state index contributed by atoms with van der Waals surface area (Å²) < 4.78 is 2.05. The molecule has 1 saturated heterocycles. The molecule has 0 saturated carbocycles. The molecule has 1 fully saturated rings. The maximum atomic E-state index is 4.63. The lowest BCUT2D eigenvalue weighted by atomic mass is 9.93. The number of benzene rings is 1. The van der Waals surface area contributed by atoms with Gasteiger partial charge in [0.1, 0.15) is 5.69 Å². The molecule has 0 bridgehead atoms. The highest BCUT2D eigenvalue weighted by Crippen LogP contribution is 2.23. The SMILES string of the molecule is CC(C)c1cc(C#Cc2ccn([C@H]3CCNC3)n2)cc(C(C)C)c1. The average Bonchev–Trinajstić information content (AvgIpc) is 3.23. The Bertz CT molecular complexity index is 727. The van der Waals surface area contributed by atoms with Gasteiger partial charge >= 0.3 is 0 Å². The molecule has 1 aromatic heterocycles. The fourth-order valence-electron chi connectivity index (χ4n) is 3.02. The molecular weight excluding hydrogens is 294 g/mol. The molecule has 126 valence electrons. The van der Waals surface area contributed by atoms with E-state index in [1.807, 2.05) is 16.9 Å². The van der Waals surface area contributed by atoms with Gasteiger partial charge in [-0.1, -0.05) is 39.7 Å². The van der Waals surface area contributed by atoms with E-state index in [4.69, 9.17) is 0 Å². The molecule has 0 unspecified atom stereocenters. The minimum Gasteiger partial charge on any atom is -0.315 e. The summed E-state index contributed by atoms with van der Waals surface area (Å²) in [6.45, 7) is 11.0. The lowest BCUT2D eigenvalue weighted by molar-refractivity contribution is 0.490. The monoisotopic (exact) mass is 321 g/mol. The van der Waals surface area contributed by atoms with Crippen molar-refractivity contribution in [1.29, 1.82) is 0 Å². The van der Waals surface area contributed by atoms with E-state index < -0.39 is 0 Å². The number of hydrogen-bond acceptors (Lipinski definition) is 2. The smallest absolute Gasteiger partial charge is 0.135 e. The molecular formula is C21H27N3. The molecule has 3 nitrogen and oxygen atoms in total. The normalized spacial score (nSPS) is 17.3. The molecule has 1 aliphatic heterocycles. The van der Waals surface area contributed by atoms with Crippen LogP contribution < -0.4 is 5.32 Å². The Labute approximate surface area is 145 Å². The summed E-state index contributed by atoms with van der Waals surface area (Å²) in [7, 11) is 0. The van der Waals surface area contributed by atoms with Crippen molar-refractivity contribution in [1.82, 2.24) is 15.1 Å². The quantitative estimate of drug-likeness (QED) is 0.864. The second kappa shape index (κ2) is 7.23. The number of rotatable bonds is 3. The van der Waals surface area contributed by atoms with Crippen molar-refractivity contribution < 1.29 is 0 Å². The van der Waals surface area contributed by atoms with E-state index in [0.717, 1.165) is 30.8 Å². The van der Waals surface area contributed by atoms with Crippen LogP contribution in [0.15, 0.2) is 30.5 Å². The zero-order chi connectivity index (χ0) is 17.1. The second-order valence-electron chi connectivity index (χ2n) is 7.28. The van der Waals surface area contributed by atoms with Crippen LogP contribution in [0, 0.1) is 11.8 Å². The van der Waals surface area contributed by atoms with Gasteiger partial charge in [-0.15, -0.1) is 0 Å². The van der Waals surface area contributed by atoms with Gasteiger partial charge in [-0.05, 0) is 60.0 Å². The molecule has 0 aliphatic carbocycles. The summed E-state index contributed by atoms with van der Waals surface area (Å²) in [4.78, 5) is 0. The van der Waals surface area contributed by atoms with Crippen LogP contribution in [0.25, 0.3) is 0 Å². The van der Waals surface area contributed by atoms with Gasteiger partial charge in [-0.3, -0.25) is 4.68 Å². The van der Waals surface area contributed by atoms with E-state index in [0.29, 0.717) is 17.9 Å². The lowest BCUT2D eigenvalue weighted by Crippen LogP contribution is -2.13. The van der Waals surface area contributed by atoms with Crippen LogP contribution in [0.2, 0.25) is 0 Å². The Morgan fingerprint density at radius 1 is 1.08 bits per heavy atom. The minimum atomic E-state index is 0.470. The summed E-state index contributed by atoms with van der Waals surface area (Å²) >= 11 is 0. The van der Waals surface area contributed by atoms with Gasteiger partial charge in [0.2, 0.25) is 0 Å². The van der Waals surface area contributed by atoms with Crippen LogP contribution in [-0.2, 0) is 0 Å². The van der Waals surface area contributed by atoms with Crippen LogP contribution >= 0.6 is 0 Å². The van der Waals surface area contributed by atoms with Gasteiger partial charge in [0, 0.05) is 18.3 Å². The van der Waals surface area contributed by atoms with Crippen molar-refractivity contribution in [2.45, 2.75) is 52.0 Å². The third-order valence-corrected chi connectivity index (χ3v) is 4.66. The van der Waals surface area contributed by atoms with Crippen LogP contribution in [0.4, 0.5) is 0 Å². The largest absolute Gasteiger partial charge is 0.315 e. The first-order chi connectivity index (χ1) is 11.5. The van der Waals surface area contributed by atoms with Crippen LogP contribution in [-0.4, -0.2) is 22.9 Å². The van der Waals surface area contributed by atoms with Crippen LogP contribution in [0.3, 0.4) is 0 Å². The van der Waals surface area contributed by atoms with Crippen molar-refractivity contribution in [2.24, 2.45) is 0 Å². The van der Waals surface area contributed by atoms with Crippen molar-refractivity contribution >= 4 is 0 Å². The van der Waals surface area contributed by atoms with Crippen LogP contribution in [0.5, 0.6) is 0 Å². The molecule has 24 heavy (non-hydrogen) atoms. The molecule has 2 heterocycles. The Hall–Kier alpha value is -2.05. The van der Waals surface area contributed by atoms with Crippen molar-refractivity contribution in [3.63, 3.8) is 0 Å². The Morgan fingerprint density at radius 2 is 1.79 bits per heavy atom. The highest BCUT2D eigenvalue weighted by Gasteiger charge is 2.16. The molecule has 1 aromatic carbocycles. The van der Waals surface area contributed by atoms with E-state index in [9.17, 15) is 0 Å². The summed E-state index contributed by atoms with van der Waals surface area (Å²) in [6.07, 6.45) is 3.19. The zero-order valence-corrected chi connectivity index (χ0v) is 15.1. The standard InChI is InChI=1S/C21H27N3/c1-15(2)18-11-17(12-19(13-18)16(3)4)5-6-20-8-10-24(23-20)21-7-9-22-14-21/h8,10-13,15-16,21-22H,7,9,14H2,1-4H3/t21-/m0/s1. The number of nitrogens with zero attached hydrogens (tertiary/aromatic N) is 2. The van der Waals surface area contributed by atoms with Gasteiger partial charge in [-0.2, -0.15) is 5.10 Å². The second-order valence-corrected chi connectivity index (χ2v) is 7.28. The molecule has 3 heteroatoms. The van der Waals surface area contributed by atoms with Gasteiger partial charge in [0.05, 0.1) is 6.04 Å². The first-order valence-electron chi connectivity index (χ1n) is 8.95. The number of aromatic nitrogens is 2. The van der Waals surface area contributed by atoms with E-state index in [1.165, 1.54) is 11.1 Å². The molecule has 0 amide bonds. The topological polar surface area (TPSA) is 29.9 Å². The minimum absolute atomic E-state index is 0.470. The zero-order valence-electron chi connectivity index (χ0n) is 15.1. The van der Waals surface area contributed by atoms with Gasteiger partial charge in [0.15, 0.2) is 0 Å². The summed E-state index contributed by atoms with van der Waals surface area (Å²) in [6, 6.07) is 9.21. The molecule has 1 N–H and O–H groups in total. The third kappa shape index (κ3) is 3.88. The van der Waals surface area contributed by atoms with Gasteiger partial charge in [-0.25, -0.2) is 0 Å². The predicted molar refractivity (Wildman–Crippen MR) is 99.4 cm³/mol. The highest BCUT2D eigenvalue weighted by atomic mass is 15.3. The molecule has 0 spiro atoms. The molecule has 3 rings (SSSR count). The van der Waals surface area contributed by atoms with E-state index in [1.54, 1.807) is 0 Å². The molecule has 1 aliphatic rings. The van der Waals surface area contributed by atoms with E-state index in [-0.39, 0.29) is 0 Å². The van der Waals surface area contributed by atoms with Crippen molar-refractivity contribution in [2.75, 3.05) is 13.1 Å². The summed E-state index contributed by atoms with van der Waals surface area (Å²) in [5, 5.41) is 8.00. The number of nitrogens with one attached hydrogen (secondary N) is 1. The van der Waals surface area contributed by atoms with E-state index >= 15 is 0 Å². The average molecular weight is 321 g/mol. The van der Waals surface area contributed by atoms with Gasteiger partial charge in [0.25, 0.3) is 0 Å². The van der Waals surface area contributed by atoms with E-state index in [2.05, 4.69) is 68.2 Å². The first kappa shape index (κ1) is 16.8. The molecule has 1 atom stereocenters. The Kier molecular flexibility index (Phi) is 5.06. The summed E-state index contributed by atoms with van der Waals surface area (Å²) in [5.41, 5.74) is 4.64. The van der Waals surface area contributed by atoms with Crippen molar-refractivity contribution in [3.05, 3.63) is 52.8 Å². The fraction of sp³-hybridized carbons (Fsp3) is 0.476. The first-order valence-corrected chi connectivity index (χ1v) is 8.95. The highest BCUT2D eigenvalue weighted by molar-refractivity contribution is 5.45. The Balaban J connectivity index is 1.84. The Morgan fingerprint density at radius 3 is 2.38 bits per heavy atom. The predicted octanol–water partition coefficient (Wildman–Crippen LogP) is 4.06. The van der Waals surface area contributed by atoms with Gasteiger partial charge < -0.3 is 5.32 Å². The third-order valence-electron chi connectivity index (χ3n) is 4.66. The number of hydrogen-bond donors (Lipinski definition) is 1. The fourth-order valence-corrected chi connectivity index (χ4v) is 3.02. The maximum absolute atomic E-state index is 4.63.